The second kappa shape index (κ2) is 7.13. The van der Waals surface area contributed by atoms with Crippen LogP contribution in [-0.2, 0) is 11.3 Å². The molecule has 1 fully saturated rings. The number of hydrogen-bond acceptors (Lipinski definition) is 5. The lowest BCUT2D eigenvalue weighted by Crippen LogP contribution is -2.28. The van der Waals surface area contributed by atoms with E-state index in [9.17, 15) is 19.5 Å². The number of rotatable bonds is 4. The van der Waals surface area contributed by atoms with E-state index in [-0.39, 0.29) is 17.0 Å². The van der Waals surface area contributed by atoms with Crippen LogP contribution in [0.3, 0.4) is 0 Å². The fourth-order valence-corrected chi connectivity index (χ4v) is 3.37. The van der Waals surface area contributed by atoms with Crippen LogP contribution in [-0.4, -0.2) is 22.0 Å². The van der Waals surface area contributed by atoms with E-state index in [2.05, 4.69) is 0 Å². The molecule has 5 nitrogen and oxygen atoms in total. The molecule has 0 spiro atoms. The minimum atomic E-state index is -1.31. The van der Waals surface area contributed by atoms with E-state index in [1.807, 2.05) is 0 Å². The highest BCUT2D eigenvalue weighted by atomic mass is 35.5. The molecule has 0 atom stereocenters. The van der Waals surface area contributed by atoms with Gasteiger partial charge in [-0.25, -0.2) is 0 Å². The zero-order valence-corrected chi connectivity index (χ0v) is 14.3. The number of carbonyl (C=O) groups excluding carboxylic acids is 3. The number of nitrogens with zero attached hydrogens (tertiary/aromatic N) is 1. The topological polar surface area (TPSA) is 77.5 Å². The van der Waals surface area contributed by atoms with Gasteiger partial charge in [0.2, 0.25) is 0 Å². The van der Waals surface area contributed by atoms with Crippen molar-refractivity contribution < 1.29 is 19.5 Å². The van der Waals surface area contributed by atoms with Crippen molar-refractivity contribution in [3.05, 3.63) is 75.1 Å². The highest BCUT2D eigenvalue weighted by Gasteiger charge is 2.35. The first-order valence-electron chi connectivity index (χ1n) is 7.26. The summed E-state index contributed by atoms with van der Waals surface area (Å²) in [6.45, 7) is -0.00829. The van der Waals surface area contributed by atoms with Crippen molar-refractivity contribution in [2.24, 2.45) is 0 Å². The van der Waals surface area contributed by atoms with E-state index in [4.69, 9.17) is 11.6 Å². The number of carboxylic acid groups (broad SMARTS) is 1. The van der Waals surface area contributed by atoms with Crippen LogP contribution in [0, 0.1) is 0 Å². The molecule has 3 rings (SSSR count). The Morgan fingerprint density at radius 3 is 2.64 bits per heavy atom. The van der Waals surface area contributed by atoms with E-state index in [1.54, 1.807) is 42.5 Å². The van der Waals surface area contributed by atoms with Crippen molar-refractivity contribution in [3.63, 3.8) is 0 Å². The SMILES string of the molecule is O=C([O-])c1cccc(CN2C(=O)S/C(=C\c3ccccc3Cl)C2=O)c1. The van der Waals surface area contributed by atoms with Gasteiger partial charge >= 0.3 is 0 Å². The molecule has 2 amide bonds. The molecular formula is C18H11ClNO4S-. The maximum Gasteiger partial charge on any atom is 0.293 e. The number of imide groups is 1. The lowest BCUT2D eigenvalue weighted by atomic mass is 10.1. The predicted molar refractivity (Wildman–Crippen MR) is 93.7 cm³/mol. The van der Waals surface area contributed by atoms with Gasteiger partial charge in [-0.3, -0.25) is 14.5 Å². The van der Waals surface area contributed by atoms with Gasteiger partial charge in [-0.05, 0) is 46.7 Å². The van der Waals surface area contributed by atoms with Crippen molar-refractivity contribution in [2.45, 2.75) is 6.54 Å². The second-order valence-corrected chi connectivity index (χ2v) is 6.68. The summed E-state index contributed by atoms with van der Waals surface area (Å²) < 4.78 is 0. The van der Waals surface area contributed by atoms with Gasteiger partial charge in [-0.2, -0.15) is 0 Å². The number of halogens is 1. The van der Waals surface area contributed by atoms with Crippen LogP contribution in [0.2, 0.25) is 5.02 Å². The lowest BCUT2D eigenvalue weighted by molar-refractivity contribution is -0.255. The molecule has 1 saturated heterocycles. The Morgan fingerprint density at radius 2 is 1.92 bits per heavy atom. The minimum absolute atomic E-state index is 0.00363. The van der Waals surface area contributed by atoms with E-state index in [1.165, 1.54) is 12.1 Å². The summed E-state index contributed by atoms with van der Waals surface area (Å²) in [4.78, 5) is 36.9. The highest BCUT2D eigenvalue weighted by Crippen LogP contribution is 2.34. The van der Waals surface area contributed by atoms with E-state index in [0.29, 0.717) is 16.1 Å². The zero-order chi connectivity index (χ0) is 18.0. The molecule has 25 heavy (non-hydrogen) atoms. The van der Waals surface area contributed by atoms with Gasteiger partial charge in [0.15, 0.2) is 0 Å². The quantitative estimate of drug-likeness (QED) is 0.771. The molecule has 0 aliphatic carbocycles. The van der Waals surface area contributed by atoms with Crippen LogP contribution < -0.4 is 5.11 Å². The molecule has 0 bridgehead atoms. The van der Waals surface area contributed by atoms with E-state index >= 15 is 0 Å². The minimum Gasteiger partial charge on any atom is -0.545 e. The van der Waals surface area contributed by atoms with Gasteiger partial charge in [-0.15, -0.1) is 0 Å². The fraction of sp³-hybridized carbons (Fsp3) is 0.0556. The predicted octanol–water partition coefficient (Wildman–Crippen LogP) is 2.94. The third-order valence-corrected chi connectivity index (χ3v) is 4.82. The van der Waals surface area contributed by atoms with E-state index < -0.39 is 17.1 Å². The van der Waals surface area contributed by atoms with Crippen LogP contribution in [0.15, 0.2) is 53.4 Å². The van der Waals surface area contributed by atoms with Gasteiger partial charge in [0.1, 0.15) is 0 Å². The number of hydrogen-bond donors (Lipinski definition) is 0. The normalized spacial score (nSPS) is 15.9. The average molecular weight is 373 g/mol. The van der Waals surface area contributed by atoms with Crippen LogP contribution in [0.1, 0.15) is 21.5 Å². The number of amides is 2. The third kappa shape index (κ3) is 3.75. The number of carbonyl (C=O) groups is 3. The maximum atomic E-state index is 12.5. The van der Waals surface area contributed by atoms with Gasteiger partial charge in [0.05, 0.1) is 17.4 Å². The smallest absolute Gasteiger partial charge is 0.293 e. The van der Waals surface area contributed by atoms with Gasteiger partial charge in [0.25, 0.3) is 11.1 Å². The molecule has 0 aromatic heterocycles. The zero-order valence-electron chi connectivity index (χ0n) is 12.8. The second-order valence-electron chi connectivity index (χ2n) is 5.28. The number of carboxylic acids is 1. The summed E-state index contributed by atoms with van der Waals surface area (Å²) in [7, 11) is 0. The molecule has 0 N–H and O–H groups in total. The Kier molecular flexibility index (Phi) is 4.92. The number of benzene rings is 2. The Balaban J connectivity index is 1.84. The molecule has 1 heterocycles. The molecule has 126 valence electrons. The van der Waals surface area contributed by atoms with Crippen LogP contribution in [0.25, 0.3) is 6.08 Å². The monoisotopic (exact) mass is 372 g/mol. The Morgan fingerprint density at radius 1 is 1.16 bits per heavy atom. The van der Waals surface area contributed by atoms with Crippen molar-refractivity contribution >= 4 is 46.6 Å². The Bertz CT molecular complexity index is 909. The molecule has 0 unspecified atom stereocenters. The molecule has 0 saturated carbocycles. The van der Waals surface area contributed by atoms with Crippen LogP contribution >= 0.6 is 23.4 Å². The van der Waals surface area contributed by atoms with Crippen LogP contribution in [0.4, 0.5) is 4.79 Å². The fourth-order valence-electron chi connectivity index (χ4n) is 2.35. The molecular weight excluding hydrogens is 362 g/mol. The first-order valence-corrected chi connectivity index (χ1v) is 8.45. The number of aromatic carboxylic acids is 1. The maximum absolute atomic E-state index is 12.5. The highest BCUT2D eigenvalue weighted by molar-refractivity contribution is 8.18. The van der Waals surface area contributed by atoms with Gasteiger partial charge in [-0.1, -0.05) is 48.0 Å². The summed E-state index contributed by atoms with van der Waals surface area (Å²) in [5, 5.41) is 11.0. The summed E-state index contributed by atoms with van der Waals surface area (Å²) in [6.07, 6.45) is 1.57. The van der Waals surface area contributed by atoms with Gasteiger partial charge < -0.3 is 9.90 Å². The van der Waals surface area contributed by atoms with Crippen LogP contribution in [0.5, 0.6) is 0 Å². The van der Waals surface area contributed by atoms with Gasteiger partial charge in [0, 0.05) is 5.02 Å². The molecule has 1 aliphatic heterocycles. The molecule has 7 heteroatoms. The first kappa shape index (κ1) is 17.3. The third-order valence-electron chi connectivity index (χ3n) is 3.57. The van der Waals surface area contributed by atoms with Crippen molar-refractivity contribution in [3.8, 4) is 0 Å². The first-order chi connectivity index (χ1) is 12.0. The Hall–Kier alpha value is -2.57. The summed E-state index contributed by atoms with van der Waals surface area (Å²) >= 11 is 6.90. The molecule has 2 aromatic rings. The van der Waals surface area contributed by atoms with Crippen molar-refractivity contribution in [1.29, 1.82) is 0 Å². The summed E-state index contributed by atoms with van der Waals surface area (Å²) in [5.74, 6) is -1.75. The largest absolute Gasteiger partial charge is 0.545 e. The van der Waals surface area contributed by atoms with Crippen molar-refractivity contribution in [2.75, 3.05) is 0 Å². The lowest BCUT2D eigenvalue weighted by Gasteiger charge is -2.13. The molecule has 1 aliphatic rings. The summed E-state index contributed by atoms with van der Waals surface area (Å²) in [6, 6.07) is 13.0. The Labute approximate surface area is 152 Å². The average Bonchev–Trinajstić information content (AvgIpc) is 2.85. The van der Waals surface area contributed by atoms with E-state index in [0.717, 1.165) is 16.7 Å². The summed E-state index contributed by atoms with van der Waals surface area (Å²) in [5.41, 5.74) is 1.17. The number of thioether (sulfide) groups is 1. The standard InChI is InChI=1S/C18H12ClNO4S/c19-14-7-2-1-5-12(14)9-15-16(21)20(18(24)25-15)10-11-4-3-6-13(8-11)17(22)23/h1-9H,10H2,(H,22,23)/p-1/b15-9-. The molecule has 0 radical (unpaired) electrons. The van der Waals surface area contributed by atoms with Crippen molar-refractivity contribution in [1.82, 2.24) is 4.90 Å². The molecule has 2 aromatic carbocycles.